The van der Waals surface area contributed by atoms with Gasteiger partial charge in [0.05, 0.1) is 0 Å². The number of hydrogen-bond acceptors (Lipinski definition) is 4. The van der Waals surface area contributed by atoms with Crippen molar-refractivity contribution in [3.63, 3.8) is 0 Å². The molecule has 0 aromatic carbocycles. The molecule has 1 heterocycles. The van der Waals surface area contributed by atoms with Crippen LogP contribution in [0.5, 0.6) is 0 Å². The van der Waals surface area contributed by atoms with E-state index < -0.39 is 0 Å². The van der Waals surface area contributed by atoms with Gasteiger partial charge in [0.15, 0.2) is 0 Å². The van der Waals surface area contributed by atoms with Crippen molar-refractivity contribution in [3.05, 3.63) is 0 Å². The first kappa shape index (κ1) is 7.40. The van der Waals surface area contributed by atoms with Crippen molar-refractivity contribution in [1.82, 2.24) is 4.90 Å². The molecule has 1 saturated heterocycles. The summed E-state index contributed by atoms with van der Waals surface area (Å²) in [5.41, 5.74) is 0. The van der Waals surface area contributed by atoms with E-state index in [0.717, 1.165) is 12.3 Å². The van der Waals surface area contributed by atoms with E-state index in [2.05, 4.69) is 5.16 Å². The van der Waals surface area contributed by atoms with Crippen LogP contribution in [0.1, 0.15) is 0 Å². The minimum absolute atomic E-state index is 0.189. The number of oxime groups is 1. The Bertz CT molecular complexity index is 180. The lowest BCUT2D eigenvalue weighted by atomic mass is 10.5. The first-order valence-corrected chi connectivity index (χ1v) is 3.84. The van der Waals surface area contributed by atoms with E-state index >= 15 is 0 Å². The third-order valence-corrected chi connectivity index (χ3v) is 2.20. The summed E-state index contributed by atoms with van der Waals surface area (Å²) in [6.07, 6.45) is 0. The van der Waals surface area contributed by atoms with Crippen molar-refractivity contribution in [2.75, 3.05) is 19.3 Å². The fourth-order valence-corrected chi connectivity index (χ4v) is 1.57. The van der Waals surface area contributed by atoms with Crippen molar-refractivity contribution in [2.45, 2.75) is 0 Å². The first-order chi connectivity index (χ1) is 4.75. The van der Waals surface area contributed by atoms with Gasteiger partial charge in [0.1, 0.15) is 0 Å². The third kappa shape index (κ3) is 1.23. The number of rotatable bonds is 0. The molecule has 1 aliphatic heterocycles. The lowest BCUT2D eigenvalue weighted by molar-refractivity contribution is -0.122. The summed E-state index contributed by atoms with van der Waals surface area (Å²) in [6.45, 7) is 0.725. The predicted molar refractivity (Wildman–Crippen MR) is 39.3 cm³/mol. The fraction of sp³-hybridized carbons (Fsp3) is 0.600. The van der Waals surface area contributed by atoms with Crippen molar-refractivity contribution >= 4 is 22.7 Å². The molecule has 1 N–H and O–H groups in total. The van der Waals surface area contributed by atoms with E-state index in [4.69, 9.17) is 5.21 Å². The highest BCUT2D eigenvalue weighted by Crippen LogP contribution is 2.12. The molecule has 0 aromatic heterocycles. The molecular formula is C5H8N2O2S. The van der Waals surface area contributed by atoms with Gasteiger partial charge in [-0.1, -0.05) is 16.9 Å². The van der Waals surface area contributed by atoms with Gasteiger partial charge < -0.3 is 10.1 Å². The molecule has 0 bridgehead atoms. The standard InChI is InChI=1S/C5H8N2O2S/c1-7-2-3-10-4(6-9)5(7)8/h9H,2-3H2,1H3. The van der Waals surface area contributed by atoms with Crippen LogP contribution in [-0.4, -0.2) is 40.4 Å². The smallest absolute Gasteiger partial charge is 0.282 e. The summed E-state index contributed by atoms with van der Waals surface area (Å²) in [5.74, 6) is 0.612. The van der Waals surface area contributed by atoms with Crippen LogP contribution in [0.25, 0.3) is 0 Å². The van der Waals surface area contributed by atoms with E-state index in [0.29, 0.717) is 0 Å². The van der Waals surface area contributed by atoms with Gasteiger partial charge in [-0.2, -0.15) is 0 Å². The molecule has 0 saturated carbocycles. The molecule has 1 fully saturated rings. The van der Waals surface area contributed by atoms with E-state index in [1.54, 1.807) is 7.05 Å². The molecule has 0 aliphatic carbocycles. The minimum atomic E-state index is -0.196. The maximum Gasteiger partial charge on any atom is 0.282 e. The van der Waals surface area contributed by atoms with Crippen molar-refractivity contribution in [2.24, 2.45) is 5.16 Å². The van der Waals surface area contributed by atoms with Gasteiger partial charge in [-0.15, -0.1) is 0 Å². The molecule has 0 radical (unpaired) electrons. The van der Waals surface area contributed by atoms with Crippen molar-refractivity contribution in [1.29, 1.82) is 0 Å². The molecular weight excluding hydrogens is 152 g/mol. The van der Waals surface area contributed by atoms with Gasteiger partial charge >= 0.3 is 0 Å². The molecule has 0 unspecified atom stereocenters. The van der Waals surface area contributed by atoms with E-state index in [-0.39, 0.29) is 11.0 Å². The zero-order chi connectivity index (χ0) is 7.56. The molecule has 1 rings (SSSR count). The van der Waals surface area contributed by atoms with Crippen LogP contribution in [0.4, 0.5) is 0 Å². The maximum absolute atomic E-state index is 11.0. The Kier molecular flexibility index (Phi) is 2.16. The largest absolute Gasteiger partial charge is 0.410 e. The number of carbonyl (C=O) groups is 1. The summed E-state index contributed by atoms with van der Waals surface area (Å²) >= 11 is 1.28. The Balaban J connectivity index is 2.69. The second-order valence-corrected chi connectivity index (χ2v) is 3.06. The third-order valence-electron chi connectivity index (χ3n) is 1.29. The maximum atomic E-state index is 11.0. The number of hydrogen-bond donors (Lipinski definition) is 1. The Morgan fingerprint density at radius 1 is 1.80 bits per heavy atom. The second-order valence-electron chi connectivity index (χ2n) is 1.98. The summed E-state index contributed by atoms with van der Waals surface area (Å²) in [6, 6.07) is 0. The molecule has 1 aliphatic rings. The average Bonchev–Trinajstić information content (AvgIpc) is 1.95. The van der Waals surface area contributed by atoms with Crippen molar-refractivity contribution < 1.29 is 10.0 Å². The molecule has 0 atom stereocenters. The minimum Gasteiger partial charge on any atom is -0.410 e. The van der Waals surface area contributed by atoms with Gasteiger partial charge in [0.25, 0.3) is 5.91 Å². The van der Waals surface area contributed by atoms with Crippen molar-refractivity contribution in [3.8, 4) is 0 Å². The van der Waals surface area contributed by atoms with Gasteiger partial charge in [-0.3, -0.25) is 4.79 Å². The van der Waals surface area contributed by atoms with Gasteiger partial charge in [-0.05, 0) is 0 Å². The number of amides is 1. The highest BCUT2D eigenvalue weighted by atomic mass is 32.2. The van der Waals surface area contributed by atoms with Gasteiger partial charge in [0.2, 0.25) is 5.04 Å². The molecule has 10 heavy (non-hydrogen) atoms. The molecule has 0 aromatic rings. The lowest BCUT2D eigenvalue weighted by Crippen LogP contribution is -2.38. The number of nitrogens with zero attached hydrogens (tertiary/aromatic N) is 2. The van der Waals surface area contributed by atoms with E-state index in [9.17, 15) is 4.79 Å². The fourth-order valence-electron chi connectivity index (χ4n) is 0.677. The van der Waals surface area contributed by atoms with Gasteiger partial charge in [0, 0.05) is 19.3 Å². The van der Waals surface area contributed by atoms with Crippen LogP contribution < -0.4 is 0 Å². The zero-order valence-electron chi connectivity index (χ0n) is 5.57. The summed E-state index contributed by atoms with van der Waals surface area (Å²) in [4.78, 5) is 12.5. The van der Waals surface area contributed by atoms with Crippen LogP contribution >= 0.6 is 11.8 Å². The Morgan fingerprint density at radius 2 is 2.50 bits per heavy atom. The molecule has 0 spiro atoms. The Labute approximate surface area is 62.9 Å². The summed E-state index contributed by atoms with van der Waals surface area (Å²) in [7, 11) is 1.69. The molecule has 1 amide bonds. The second kappa shape index (κ2) is 2.92. The molecule has 5 heteroatoms. The highest BCUT2D eigenvalue weighted by molar-refractivity contribution is 8.15. The number of thioether (sulfide) groups is 1. The SMILES string of the molecule is CN1CCSC(=NO)C1=O. The monoisotopic (exact) mass is 160 g/mol. The van der Waals surface area contributed by atoms with E-state index in [1.807, 2.05) is 0 Å². The number of carbonyl (C=O) groups excluding carboxylic acids is 1. The molecule has 56 valence electrons. The zero-order valence-corrected chi connectivity index (χ0v) is 6.39. The topological polar surface area (TPSA) is 52.9 Å². The Morgan fingerprint density at radius 3 is 3.00 bits per heavy atom. The highest BCUT2D eigenvalue weighted by Gasteiger charge is 2.22. The van der Waals surface area contributed by atoms with Crippen LogP contribution in [0.15, 0.2) is 5.16 Å². The average molecular weight is 160 g/mol. The lowest BCUT2D eigenvalue weighted by Gasteiger charge is -2.21. The van der Waals surface area contributed by atoms with Crippen LogP contribution in [0, 0.1) is 0 Å². The van der Waals surface area contributed by atoms with E-state index in [1.165, 1.54) is 16.7 Å². The summed E-state index contributed by atoms with van der Waals surface area (Å²) in [5, 5.41) is 11.4. The van der Waals surface area contributed by atoms with Gasteiger partial charge in [-0.25, -0.2) is 0 Å². The van der Waals surface area contributed by atoms with Crippen LogP contribution in [0.2, 0.25) is 0 Å². The Hall–Kier alpha value is -0.710. The van der Waals surface area contributed by atoms with Crippen LogP contribution in [-0.2, 0) is 4.79 Å². The normalized spacial score (nSPS) is 23.9. The summed E-state index contributed by atoms with van der Waals surface area (Å²) < 4.78 is 0. The van der Waals surface area contributed by atoms with Crippen LogP contribution in [0.3, 0.4) is 0 Å². The predicted octanol–water partition coefficient (Wildman–Crippen LogP) is -0.0207. The quantitative estimate of drug-likeness (QED) is 0.400. The first-order valence-electron chi connectivity index (χ1n) is 2.86. The molecule has 4 nitrogen and oxygen atoms in total.